The molecule has 1 aliphatic rings. The molecular formula is C12H20N4O2S. The average Bonchev–Trinajstić information content (AvgIpc) is 2.88. The van der Waals surface area contributed by atoms with E-state index in [4.69, 9.17) is 0 Å². The molecule has 1 heterocycles. The molecule has 0 aliphatic heterocycles. The van der Waals surface area contributed by atoms with Gasteiger partial charge in [0.1, 0.15) is 0 Å². The molecule has 1 amide bonds. The van der Waals surface area contributed by atoms with Gasteiger partial charge in [-0.1, -0.05) is 18.3 Å². The fourth-order valence-corrected chi connectivity index (χ4v) is 2.76. The number of hydrogen-bond donors (Lipinski definition) is 3. The molecule has 0 saturated heterocycles. The van der Waals surface area contributed by atoms with Gasteiger partial charge in [0.15, 0.2) is 0 Å². The van der Waals surface area contributed by atoms with Crippen molar-refractivity contribution in [3.63, 3.8) is 0 Å². The van der Waals surface area contributed by atoms with E-state index in [1.54, 1.807) is 0 Å². The smallest absolute Gasteiger partial charge is 0.282 e. The SMILES string of the molecule is CCCNc1nnc(C(=O)NC2CCC(O)CC2)s1. The molecule has 2 rings (SSSR count). The van der Waals surface area contributed by atoms with Crippen LogP contribution in [0.1, 0.15) is 48.8 Å². The molecule has 0 unspecified atom stereocenters. The molecule has 1 fully saturated rings. The number of aliphatic hydroxyl groups is 1. The first kappa shape index (κ1) is 14.2. The lowest BCUT2D eigenvalue weighted by atomic mass is 9.93. The molecule has 6 nitrogen and oxygen atoms in total. The van der Waals surface area contributed by atoms with Crippen molar-refractivity contribution in [1.29, 1.82) is 0 Å². The minimum atomic E-state index is -0.209. The number of carbonyl (C=O) groups is 1. The first-order valence-corrected chi connectivity index (χ1v) is 7.57. The van der Waals surface area contributed by atoms with E-state index in [9.17, 15) is 9.90 Å². The molecular weight excluding hydrogens is 264 g/mol. The van der Waals surface area contributed by atoms with Gasteiger partial charge in [-0.2, -0.15) is 0 Å². The van der Waals surface area contributed by atoms with Crippen LogP contribution in [0, 0.1) is 0 Å². The van der Waals surface area contributed by atoms with Crippen LogP contribution in [0.5, 0.6) is 0 Å². The maximum absolute atomic E-state index is 12.0. The molecule has 3 N–H and O–H groups in total. The van der Waals surface area contributed by atoms with Gasteiger partial charge in [-0.3, -0.25) is 4.79 Å². The highest BCUT2D eigenvalue weighted by atomic mass is 32.1. The lowest BCUT2D eigenvalue weighted by Crippen LogP contribution is -2.38. The fraction of sp³-hybridized carbons (Fsp3) is 0.750. The third-order valence-corrected chi connectivity index (χ3v) is 4.06. The summed E-state index contributed by atoms with van der Waals surface area (Å²) in [6, 6.07) is 0.145. The second-order valence-electron chi connectivity index (χ2n) is 4.82. The summed E-state index contributed by atoms with van der Waals surface area (Å²) in [6.45, 7) is 2.90. The largest absolute Gasteiger partial charge is 0.393 e. The van der Waals surface area contributed by atoms with E-state index < -0.39 is 0 Å². The van der Waals surface area contributed by atoms with Crippen LogP contribution in [0.4, 0.5) is 5.13 Å². The van der Waals surface area contributed by atoms with Crippen LogP contribution in [0.25, 0.3) is 0 Å². The minimum Gasteiger partial charge on any atom is -0.393 e. The number of aromatic nitrogens is 2. The third kappa shape index (κ3) is 4.14. The fourth-order valence-electron chi connectivity index (χ4n) is 2.09. The molecule has 1 aliphatic carbocycles. The van der Waals surface area contributed by atoms with Gasteiger partial charge in [-0.25, -0.2) is 0 Å². The molecule has 0 radical (unpaired) electrons. The predicted octanol–water partition coefficient (Wildman–Crippen LogP) is 1.39. The molecule has 19 heavy (non-hydrogen) atoms. The Morgan fingerprint density at radius 3 is 2.79 bits per heavy atom. The van der Waals surface area contributed by atoms with Crippen molar-refractivity contribution in [3.8, 4) is 0 Å². The van der Waals surface area contributed by atoms with Crippen molar-refractivity contribution >= 4 is 22.4 Å². The highest BCUT2D eigenvalue weighted by Gasteiger charge is 2.22. The average molecular weight is 284 g/mol. The standard InChI is InChI=1S/C12H20N4O2S/c1-2-7-13-12-16-15-11(19-12)10(18)14-8-3-5-9(17)6-4-8/h8-9,17H,2-7H2,1H3,(H,13,16)(H,14,18). The number of nitrogens with zero attached hydrogens (tertiary/aromatic N) is 2. The van der Waals surface area contributed by atoms with Gasteiger partial charge in [0.2, 0.25) is 10.1 Å². The number of aliphatic hydroxyl groups excluding tert-OH is 1. The minimum absolute atomic E-state index is 0.145. The Morgan fingerprint density at radius 1 is 1.37 bits per heavy atom. The van der Waals surface area contributed by atoms with Gasteiger partial charge in [-0.05, 0) is 32.1 Å². The van der Waals surface area contributed by atoms with E-state index in [2.05, 4.69) is 27.8 Å². The highest BCUT2D eigenvalue weighted by Crippen LogP contribution is 2.20. The first-order valence-electron chi connectivity index (χ1n) is 6.75. The molecule has 0 atom stereocenters. The van der Waals surface area contributed by atoms with E-state index >= 15 is 0 Å². The normalized spacial score (nSPS) is 23.1. The third-order valence-electron chi connectivity index (χ3n) is 3.18. The van der Waals surface area contributed by atoms with Crippen LogP contribution in [0.2, 0.25) is 0 Å². The quantitative estimate of drug-likeness (QED) is 0.760. The van der Waals surface area contributed by atoms with Crippen molar-refractivity contribution in [2.45, 2.75) is 51.2 Å². The van der Waals surface area contributed by atoms with Crippen LogP contribution in [-0.4, -0.2) is 39.9 Å². The number of anilines is 1. The first-order chi connectivity index (χ1) is 9.19. The topological polar surface area (TPSA) is 87.1 Å². The number of rotatable bonds is 5. The molecule has 0 aromatic carbocycles. The van der Waals surface area contributed by atoms with Crippen molar-refractivity contribution < 1.29 is 9.90 Å². The zero-order valence-corrected chi connectivity index (χ0v) is 11.9. The maximum atomic E-state index is 12.0. The Hall–Kier alpha value is -1.21. The Morgan fingerprint density at radius 2 is 2.11 bits per heavy atom. The summed E-state index contributed by atoms with van der Waals surface area (Å²) in [7, 11) is 0. The number of carbonyl (C=O) groups excluding carboxylic acids is 1. The molecule has 1 aromatic heterocycles. The summed E-state index contributed by atoms with van der Waals surface area (Å²) < 4.78 is 0. The summed E-state index contributed by atoms with van der Waals surface area (Å²) in [5, 5.41) is 24.4. The van der Waals surface area contributed by atoms with Crippen molar-refractivity contribution in [1.82, 2.24) is 15.5 Å². The van der Waals surface area contributed by atoms with E-state index in [1.807, 2.05) is 0 Å². The van der Waals surface area contributed by atoms with Crippen molar-refractivity contribution in [3.05, 3.63) is 5.01 Å². The van der Waals surface area contributed by atoms with Gasteiger partial charge >= 0.3 is 0 Å². The number of amides is 1. The van der Waals surface area contributed by atoms with Crippen molar-refractivity contribution in [2.75, 3.05) is 11.9 Å². The summed E-state index contributed by atoms with van der Waals surface area (Å²) in [6.07, 6.45) is 3.96. The zero-order valence-electron chi connectivity index (χ0n) is 11.1. The van der Waals surface area contributed by atoms with E-state index in [-0.39, 0.29) is 18.1 Å². The van der Waals surface area contributed by atoms with Crippen molar-refractivity contribution in [2.24, 2.45) is 0 Å². The maximum Gasteiger partial charge on any atom is 0.282 e. The van der Waals surface area contributed by atoms with Gasteiger partial charge in [0.25, 0.3) is 5.91 Å². The van der Waals surface area contributed by atoms with Gasteiger partial charge in [0, 0.05) is 12.6 Å². The van der Waals surface area contributed by atoms with Crippen LogP contribution in [-0.2, 0) is 0 Å². The summed E-state index contributed by atoms with van der Waals surface area (Å²) >= 11 is 1.28. The Balaban J connectivity index is 1.84. The Labute approximate surface area is 116 Å². The van der Waals surface area contributed by atoms with Gasteiger partial charge in [0.05, 0.1) is 6.10 Å². The molecule has 1 aromatic rings. The van der Waals surface area contributed by atoms with E-state index in [0.29, 0.717) is 10.1 Å². The highest BCUT2D eigenvalue weighted by molar-refractivity contribution is 7.17. The lowest BCUT2D eigenvalue weighted by molar-refractivity contribution is 0.0866. The van der Waals surface area contributed by atoms with E-state index in [1.165, 1.54) is 11.3 Å². The van der Waals surface area contributed by atoms with Crippen LogP contribution in [0.3, 0.4) is 0 Å². The van der Waals surface area contributed by atoms with Gasteiger partial charge < -0.3 is 15.7 Å². The van der Waals surface area contributed by atoms with Crippen LogP contribution < -0.4 is 10.6 Å². The molecule has 0 spiro atoms. The number of hydrogen-bond acceptors (Lipinski definition) is 6. The summed E-state index contributed by atoms with van der Waals surface area (Å²) in [5.41, 5.74) is 0. The van der Waals surface area contributed by atoms with Crippen LogP contribution >= 0.6 is 11.3 Å². The molecule has 7 heteroatoms. The Bertz CT molecular complexity index is 416. The molecule has 106 valence electrons. The summed E-state index contributed by atoms with van der Waals surface area (Å²) in [4.78, 5) is 12.0. The second kappa shape index (κ2) is 6.81. The zero-order chi connectivity index (χ0) is 13.7. The number of nitrogens with one attached hydrogen (secondary N) is 2. The predicted molar refractivity (Wildman–Crippen MR) is 74.4 cm³/mol. The van der Waals surface area contributed by atoms with E-state index in [0.717, 1.165) is 38.6 Å². The molecule has 1 saturated carbocycles. The second-order valence-corrected chi connectivity index (χ2v) is 5.80. The monoisotopic (exact) mass is 284 g/mol. The van der Waals surface area contributed by atoms with Crippen LogP contribution in [0.15, 0.2) is 0 Å². The van der Waals surface area contributed by atoms with Gasteiger partial charge in [-0.15, -0.1) is 10.2 Å². The summed E-state index contributed by atoms with van der Waals surface area (Å²) in [5.74, 6) is -0.163. The molecule has 0 bridgehead atoms. The Kier molecular flexibility index (Phi) is 5.09. The lowest BCUT2D eigenvalue weighted by Gasteiger charge is -2.25.